The van der Waals surface area contributed by atoms with Crippen LogP contribution >= 0.6 is 0 Å². The summed E-state index contributed by atoms with van der Waals surface area (Å²) in [6.07, 6.45) is 0.339. The van der Waals surface area contributed by atoms with Crippen LogP contribution in [0.5, 0.6) is 0 Å². The van der Waals surface area contributed by atoms with E-state index in [4.69, 9.17) is 5.26 Å². The number of carbonyl (C=O) groups is 2. The van der Waals surface area contributed by atoms with Crippen LogP contribution in [0.3, 0.4) is 0 Å². The van der Waals surface area contributed by atoms with Crippen molar-refractivity contribution in [3.63, 3.8) is 0 Å². The number of carbonyl (C=O) groups excluding carboxylic acids is 2. The summed E-state index contributed by atoms with van der Waals surface area (Å²) < 4.78 is 0. The Morgan fingerprint density at radius 2 is 1.62 bits per heavy atom. The third-order valence-electron chi connectivity index (χ3n) is 3.89. The molecule has 0 aliphatic carbocycles. The summed E-state index contributed by atoms with van der Waals surface area (Å²) in [4.78, 5) is 24.6. The Morgan fingerprint density at radius 1 is 1.00 bits per heavy atom. The van der Waals surface area contributed by atoms with E-state index in [1.54, 1.807) is 0 Å². The zero-order chi connectivity index (χ0) is 18.8. The summed E-state index contributed by atoms with van der Waals surface area (Å²) in [6.45, 7) is 1.77. The van der Waals surface area contributed by atoms with Gasteiger partial charge >= 0.3 is 6.03 Å². The smallest absolute Gasteiger partial charge is 0.315 e. The molecule has 2 atom stereocenters. The van der Waals surface area contributed by atoms with E-state index < -0.39 is 18.0 Å². The zero-order valence-electron chi connectivity index (χ0n) is 14.6. The van der Waals surface area contributed by atoms with Gasteiger partial charge in [-0.3, -0.25) is 4.79 Å². The van der Waals surface area contributed by atoms with E-state index in [0.29, 0.717) is 6.42 Å². The van der Waals surface area contributed by atoms with Crippen molar-refractivity contribution in [2.45, 2.75) is 25.4 Å². The standard InChI is InChI=1S/C20H22N4O2/c1-15(17-10-6-3-7-11-17)23-20(26)24-18(19(25)22-13-12-21)14-16-8-4-2-5-9-16/h2-11,15,18H,13-14H2,1H3,(H,22,25)(H2,23,24,26). The minimum atomic E-state index is -0.770. The van der Waals surface area contributed by atoms with Crippen molar-refractivity contribution in [1.82, 2.24) is 16.0 Å². The number of amides is 3. The molecule has 3 amide bonds. The van der Waals surface area contributed by atoms with Crippen LogP contribution in [0.25, 0.3) is 0 Å². The second-order valence-corrected chi connectivity index (χ2v) is 5.87. The minimum Gasteiger partial charge on any atom is -0.341 e. The topological polar surface area (TPSA) is 94.0 Å². The maximum atomic E-state index is 12.3. The summed E-state index contributed by atoms with van der Waals surface area (Å²) in [6, 6.07) is 19.4. The van der Waals surface area contributed by atoms with Gasteiger partial charge < -0.3 is 16.0 Å². The number of hydrogen-bond donors (Lipinski definition) is 3. The largest absolute Gasteiger partial charge is 0.341 e. The van der Waals surface area contributed by atoms with E-state index in [-0.39, 0.29) is 12.6 Å². The predicted molar refractivity (Wildman–Crippen MR) is 99.1 cm³/mol. The summed E-state index contributed by atoms with van der Waals surface area (Å²) >= 11 is 0. The Morgan fingerprint density at radius 3 is 2.23 bits per heavy atom. The average molecular weight is 350 g/mol. The molecule has 2 aromatic rings. The van der Waals surface area contributed by atoms with Gasteiger partial charge in [0, 0.05) is 6.42 Å². The average Bonchev–Trinajstić information content (AvgIpc) is 2.67. The number of nitrogens with zero attached hydrogens (tertiary/aromatic N) is 1. The molecule has 2 aromatic carbocycles. The highest BCUT2D eigenvalue weighted by Gasteiger charge is 2.21. The first-order valence-corrected chi connectivity index (χ1v) is 8.40. The van der Waals surface area contributed by atoms with Crippen molar-refractivity contribution < 1.29 is 9.59 Å². The van der Waals surface area contributed by atoms with Crippen LogP contribution in [-0.2, 0) is 11.2 Å². The minimum absolute atomic E-state index is 0.103. The van der Waals surface area contributed by atoms with Crippen LogP contribution in [0, 0.1) is 11.3 Å². The maximum Gasteiger partial charge on any atom is 0.315 e. The lowest BCUT2D eigenvalue weighted by atomic mass is 10.1. The predicted octanol–water partition coefficient (Wildman–Crippen LogP) is 2.30. The molecule has 0 saturated heterocycles. The molecule has 0 saturated carbocycles. The van der Waals surface area contributed by atoms with Gasteiger partial charge in [0.25, 0.3) is 0 Å². The van der Waals surface area contributed by atoms with E-state index in [9.17, 15) is 9.59 Å². The lowest BCUT2D eigenvalue weighted by molar-refractivity contribution is -0.122. The van der Waals surface area contributed by atoms with Gasteiger partial charge in [-0.05, 0) is 18.1 Å². The van der Waals surface area contributed by atoms with Crippen molar-refractivity contribution in [1.29, 1.82) is 5.26 Å². The number of nitrogens with one attached hydrogen (secondary N) is 3. The number of hydrogen-bond acceptors (Lipinski definition) is 3. The van der Waals surface area contributed by atoms with Crippen molar-refractivity contribution >= 4 is 11.9 Å². The van der Waals surface area contributed by atoms with Gasteiger partial charge in [-0.15, -0.1) is 0 Å². The van der Waals surface area contributed by atoms with E-state index in [1.807, 2.05) is 73.7 Å². The quantitative estimate of drug-likeness (QED) is 0.669. The molecule has 0 fully saturated rings. The van der Waals surface area contributed by atoms with Gasteiger partial charge in [-0.1, -0.05) is 60.7 Å². The number of rotatable bonds is 7. The number of benzene rings is 2. The Balaban J connectivity index is 2.01. The lowest BCUT2D eigenvalue weighted by Crippen LogP contribution is -2.51. The second kappa shape index (κ2) is 9.84. The van der Waals surface area contributed by atoms with Gasteiger partial charge in [-0.2, -0.15) is 5.26 Å². The normalized spacial score (nSPS) is 12.3. The third kappa shape index (κ3) is 5.95. The molecular formula is C20H22N4O2. The van der Waals surface area contributed by atoms with Gasteiger partial charge in [0.15, 0.2) is 0 Å². The van der Waals surface area contributed by atoms with Crippen LogP contribution in [0.2, 0.25) is 0 Å². The fourth-order valence-corrected chi connectivity index (χ4v) is 2.53. The molecule has 134 valence electrons. The van der Waals surface area contributed by atoms with E-state index in [1.165, 1.54) is 0 Å². The molecule has 0 aliphatic heterocycles. The first-order valence-electron chi connectivity index (χ1n) is 8.40. The molecule has 26 heavy (non-hydrogen) atoms. The van der Waals surface area contributed by atoms with Gasteiger partial charge in [0.1, 0.15) is 12.6 Å². The molecule has 2 rings (SSSR count). The van der Waals surface area contributed by atoms with Gasteiger partial charge in [0.05, 0.1) is 12.1 Å². The zero-order valence-corrected chi connectivity index (χ0v) is 14.6. The molecule has 0 radical (unpaired) electrons. The first kappa shape index (κ1) is 19.0. The Labute approximate surface area is 153 Å². The van der Waals surface area contributed by atoms with Crippen LogP contribution in [0.1, 0.15) is 24.1 Å². The Bertz CT molecular complexity index is 756. The molecule has 3 N–H and O–H groups in total. The molecule has 6 nitrogen and oxygen atoms in total. The summed E-state index contributed by atoms with van der Waals surface area (Å²) in [5, 5.41) is 16.7. The summed E-state index contributed by atoms with van der Waals surface area (Å²) in [5.74, 6) is -0.391. The van der Waals surface area contributed by atoms with E-state index in [0.717, 1.165) is 11.1 Å². The van der Waals surface area contributed by atoms with Crippen LogP contribution in [0.4, 0.5) is 4.79 Å². The van der Waals surface area contributed by atoms with Crippen LogP contribution in [-0.4, -0.2) is 24.5 Å². The lowest BCUT2D eigenvalue weighted by Gasteiger charge is -2.20. The van der Waals surface area contributed by atoms with Crippen molar-refractivity contribution in [3.8, 4) is 6.07 Å². The fraction of sp³-hybridized carbons (Fsp3) is 0.250. The maximum absolute atomic E-state index is 12.3. The molecular weight excluding hydrogens is 328 g/mol. The van der Waals surface area contributed by atoms with Crippen LogP contribution in [0.15, 0.2) is 60.7 Å². The highest BCUT2D eigenvalue weighted by Crippen LogP contribution is 2.11. The first-order chi connectivity index (χ1) is 12.6. The van der Waals surface area contributed by atoms with E-state index >= 15 is 0 Å². The third-order valence-corrected chi connectivity index (χ3v) is 3.89. The number of urea groups is 1. The van der Waals surface area contributed by atoms with Crippen molar-refractivity contribution in [2.24, 2.45) is 0 Å². The molecule has 0 aromatic heterocycles. The second-order valence-electron chi connectivity index (χ2n) is 5.87. The molecule has 2 unspecified atom stereocenters. The Kier molecular flexibility index (Phi) is 7.19. The molecule has 0 spiro atoms. The molecule has 0 bridgehead atoms. The van der Waals surface area contributed by atoms with Crippen molar-refractivity contribution in [2.75, 3.05) is 6.54 Å². The molecule has 0 heterocycles. The van der Waals surface area contributed by atoms with Crippen LogP contribution < -0.4 is 16.0 Å². The molecule has 6 heteroatoms. The highest BCUT2D eigenvalue weighted by atomic mass is 16.2. The molecule has 0 aliphatic rings. The van der Waals surface area contributed by atoms with E-state index in [2.05, 4.69) is 16.0 Å². The fourth-order valence-electron chi connectivity index (χ4n) is 2.53. The number of nitriles is 1. The highest BCUT2D eigenvalue weighted by molar-refractivity contribution is 5.87. The van der Waals surface area contributed by atoms with Gasteiger partial charge in [-0.25, -0.2) is 4.79 Å². The van der Waals surface area contributed by atoms with Gasteiger partial charge in [0.2, 0.25) is 5.91 Å². The SMILES string of the molecule is CC(NC(=O)NC(Cc1ccccc1)C(=O)NCC#N)c1ccccc1. The Hall–Kier alpha value is -3.33. The monoisotopic (exact) mass is 350 g/mol. The van der Waals surface area contributed by atoms with Crippen molar-refractivity contribution in [3.05, 3.63) is 71.8 Å². The summed E-state index contributed by atoms with van der Waals surface area (Å²) in [5.41, 5.74) is 1.89. The summed E-state index contributed by atoms with van der Waals surface area (Å²) in [7, 11) is 0.